The zero-order valence-electron chi connectivity index (χ0n) is 7.35. The first-order valence-corrected chi connectivity index (χ1v) is 3.43. The highest BCUT2D eigenvalue weighted by Crippen LogP contribution is 2.08. The minimum absolute atomic E-state index is 0.0191. The fraction of sp³-hybridized carbons (Fsp3) is 1.00. The smallest absolute Gasteiger partial charge is 0.0656 e. The average molecular weight is 146 g/mol. The lowest BCUT2D eigenvalue weighted by Gasteiger charge is -2.34. The molecule has 0 heterocycles. The number of ether oxygens (including phenoxy) is 1. The van der Waals surface area contributed by atoms with Crippen molar-refractivity contribution < 1.29 is 4.74 Å². The number of nitrogens with two attached hydrogens (primary N) is 1. The Bertz CT molecular complexity index is 95.6. The van der Waals surface area contributed by atoms with Gasteiger partial charge in [0.2, 0.25) is 0 Å². The molecule has 0 spiro atoms. The Labute approximate surface area is 63.1 Å². The molecule has 0 fully saturated rings. The molecule has 0 aliphatic carbocycles. The van der Waals surface area contributed by atoms with E-state index < -0.39 is 0 Å². The van der Waals surface area contributed by atoms with E-state index in [1.54, 1.807) is 7.11 Å². The monoisotopic (exact) mass is 146 g/mol. The third kappa shape index (κ3) is 2.25. The number of hydrogen-bond donors (Lipinski definition) is 1. The molecule has 62 valence electrons. The largest absolute Gasteiger partial charge is 0.383 e. The Morgan fingerprint density at radius 1 is 1.50 bits per heavy atom. The molecule has 2 N–H and O–H groups in total. The summed E-state index contributed by atoms with van der Waals surface area (Å²) in [5, 5.41) is 0. The van der Waals surface area contributed by atoms with Crippen molar-refractivity contribution in [2.75, 3.05) is 34.4 Å². The number of likely N-dealkylation sites (N-methyl/N-ethyl adjacent to an activating group) is 1. The Balaban J connectivity index is 3.94. The van der Waals surface area contributed by atoms with Crippen molar-refractivity contribution in [1.82, 2.24) is 4.90 Å². The summed E-state index contributed by atoms with van der Waals surface area (Å²) in [6.07, 6.45) is 0. The zero-order valence-corrected chi connectivity index (χ0v) is 7.35. The van der Waals surface area contributed by atoms with Gasteiger partial charge in [0.1, 0.15) is 0 Å². The van der Waals surface area contributed by atoms with E-state index in [0.29, 0.717) is 13.2 Å². The van der Waals surface area contributed by atoms with E-state index >= 15 is 0 Å². The standard InChI is InChI=1S/C7H18N2O/c1-7(5-8,6-10-4)9(2)3/h5-6,8H2,1-4H3. The fourth-order valence-corrected chi connectivity index (χ4v) is 0.682. The maximum atomic E-state index is 5.57. The molecule has 1 unspecified atom stereocenters. The summed E-state index contributed by atoms with van der Waals surface area (Å²) in [7, 11) is 5.70. The first kappa shape index (κ1) is 9.88. The summed E-state index contributed by atoms with van der Waals surface area (Å²) >= 11 is 0. The number of methoxy groups -OCH3 is 1. The van der Waals surface area contributed by atoms with Crippen LogP contribution < -0.4 is 5.73 Å². The van der Waals surface area contributed by atoms with Crippen molar-refractivity contribution >= 4 is 0 Å². The van der Waals surface area contributed by atoms with Crippen molar-refractivity contribution in [3.8, 4) is 0 Å². The van der Waals surface area contributed by atoms with Gasteiger partial charge in [-0.25, -0.2) is 0 Å². The predicted octanol–water partition coefficient (Wildman–Crippen LogP) is -0.0882. The van der Waals surface area contributed by atoms with Crippen molar-refractivity contribution in [2.45, 2.75) is 12.5 Å². The average Bonchev–Trinajstić information content (AvgIpc) is 1.88. The van der Waals surface area contributed by atoms with E-state index in [9.17, 15) is 0 Å². The highest BCUT2D eigenvalue weighted by atomic mass is 16.5. The molecule has 0 rings (SSSR count). The van der Waals surface area contributed by atoms with E-state index in [0.717, 1.165) is 0 Å². The summed E-state index contributed by atoms with van der Waals surface area (Å²) in [6.45, 7) is 3.38. The van der Waals surface area contributed by atoms with Gasteiger partial charge in [-0.15, -0.1) is 0 Å². The van der Waals surface area contributed by atoms with Gasteiger partial charge >= 0.3 is 0 Å². The lowest BCUT2D eigenvalue weighted by atomic mass is 10.0. The lowest BCUT2D eigenvalue weighted by Crippen LogP contribution is -2.51. The van der Waals surface area contributed by atoms with Crippen LogP contribution in [0.1, 0.15) is 6.92 Å². The molecule has 0 aromatic carbocycles. The minimum atomic E-state index is -0.0191. The summed E-state index contributed by atoms with van der Waals surface area (Å²) < 4.78 is 5.04. The predicted molar refractivity (Wildman–Crippen MR) is 43.0 cm³/mol. The van der Waals surface area contributed by atoms with Gasteiger partial charge in [0.25, 0.3) is 0 Å². The molecule has 0 saturated heterocycles. The van der Waals surface area contributed by atoms with Gasteiger partial charge in [0, 0.05) is 13.7 Å². The maximum Gasteiger partial charge on any atom is 0.0656 e. The Morgan fingerprint density at radius 3 is 2.10 bits per heavy atom. The van der Waals surface area contributed by atoms with E-state index in [2.05, 4.69) is 11.8 Å². The maximum absolute atomic E-state index is 5.57. The summed E-state index contributed by atoms with van der Waals surface area (Å²) in [5.41, 5.74) is 5.55. The van der Waals surface area contributed by atoms with Gasteiger partial charge in [-0.2, -0.15) is 0 Å². The number of hydrogen-bond acceptors (Lipinski definition) is 3. The number of rotatable bonds is 4. The van der Waals surface area contributed by atoms with Gasteiger partial charge in [0.05, 0.1) is 12.1 Å². The van der Waals surface area contributed by atoms with Crippen LogP contribution in [0.15, 0.2) is 0 Å². The van der Waals surface area contributed by atoms with Crippen LogP contribution >= 0.6 is 0 Å². The first-order valence-electron chi connectivity index (χ1n) is 3.43. The SMILES string of the molecule is COCC(C)(CN)N(C)C. The fourth-order valence-electron chi connectivity index (χ4n) is 0.682. The van der Waals surface area contributed by atoms with Gasteiger partial charge in [-0.1, -0.05) is 0 Å². The Morgan fingerprint density at radius 2 is 2.00 bits per heavy atom. The molecule has 0 aliphatic heterocycles. The molecule has 0 amide bonds. The summed E-state index contributed by atoms with van der Waals surface area (Å²) in [6, 6.07) is 0. The van der Waals surface area contributed by atoms with Gasteiger partial charge in [0.15, 0.2) is 0 Å². The van der Waals surface area contributed by atoms with Crippen molar-refractivity contribution in [3.05, 3.63) is 0 Å². The molecule has 10 heavy (non-hydrogen) atoms. The molecule has 0 aromatic rings. The van der Waals surface area contributed by atoms with Crippen LogP contribution in [0, 0.1) is 0 Å². The Hall–Kier alpha value is -0.120. The highest BCUT2D eigenvalue weighted by molar-refractivity contribution is 4.83. The van der Waals surface area contributed by atoms with Crippen LogP contribution in [-0.4, -0.2) is 44.8 Å². The molecule has 0 bridgehead atoms. The van der Waals surface area contributed by atoms with Crippen molar-refractivity contribution in [3.63, 3.8) is 0 Å². The van der Waals surface area contributed by atoms with E-state index in [4.69, 9.17) is 10.5 Å². The second-order valence-electron chi connectivity index (χ2n) is 3.03. The van der Waals surface area contributed by atoms with Gasteiger partial charge < -0.3 is 15.4 Å². The summed E-state index contributed by atoms with van der Waals surface area (Å²) in [4.78, 5) is 2.08. The highest BCUT2D eigenvalue weighted by Gasteiger charge is 2.24. The van der Waals surface area contributed by atoms with E-state index in [1.165, 1.54) is 0 Å². The van der Waals surface area contributed by atoms with Crippen molar-refractivity contribution in [1.29, 1.82) is 0 Å². The third-order valence-electron chi connectivity index (χ3n) is 1.97. The number of nitrogens with zero attached hydrogens (tertiary/aromatic N) is 1. The molecule has 0 aromatic heterocycles. The second-order valence-corrected chi connectivity index (χ2v) is 3.03. The van der Waals surface area contributed by atoms with Crippen LogP contribution in [0.4, 0.5) is 0 Å². The van der Waals surface area contributed by atoms with Crippen LogP contribution in [-0.2, 0) is 4.74 Å². The molecular weight excluding hydrogens is 128 g/mol. The quantitative estimate of drug-likeness (QED) is 0.602. The Kier molecular flexibility index (Phi) is 3.86. The molecule has 0 radical (unpaired) electrons. The van der Waals surface area contributed by atoms with Crippen molar-refractivity contribution in [2.24, 2.45) is 5.73 Å². The van der Waals surface area contributed by atoms with Crippen LogP contribution in [0.5, 0.6) is 0 Å². The van der Waals surface area contributed by atoms with Gasteiger partial charge in [-0.3, -0.25) is 0 Å². The molecular formula is C7H18N2O. The topological polar surface area (TPSA) is 38.5 Å². The molecule has 1 atom stereocenters. The minimum Gasteiger partial charge on any atom is -0.383 e. The van der Waals surface area contributed by atoms with E-state index in [-0.39, 0.29) is 5.54 Å². The molecule has 3 heteroatoms. The molecule has 3 nitrogen and oxygen atoms in total. The lowest BCUT2D eigenvalue weighted by molar-refractivity contribution is 0.0592. The second kappa shape index (κ2) is 3.91. The normalized spacial score (nSPS) is 17.4. The molecule has 0 saturated carbocycles. The molecule has 0 aliphatic rings. The summed E-state index contributed by atoms with van der Waals surface area (Å²) in [5.74, 6) is 0. The third-order valence-corrected chi connectivity index (χ3v) is 1.97. The van der Waals surface area contributed by atoms with Crippen LogP contribution in [0.2, 0.25) is 0 Å². The first-order chi connectivity index (χ1) is 4.56. The van der Waals surface area contributed by atoms with E-state index in [1.807, 2.05) is 14.1 Å². The van der Waals surface area contributed by atoms with Gasteiger partial charge in [-0.05, 0) is 21.0 Å². The zero-order chi connectivity index (χ0) is 8.20. The van der Waals surface area contributed by atoms with Crippen LogP contribution in [0.25, 0.3) is 0 Å². The van der Waals surface area contributed by atoms with Crippen LogP contribution in [0.3, 0.4) is 0 Å².